The van der Waals surface area contributed by atoms with Crippen molar-refractivity contribution in [2.75, 3.05) is 26.7 Å². The topological polar surface area (TPSA) is 99.3 Å². The summed E-state index contributed by atoms with van der Waals surface area (Å²) in [7, 11) is 1.58. The van der Waals surface area contributed by atoms with Gasteiger partial charge in [-0.05, 0) is 48.8 Å². The molecule has 0 spiro atoms. The highest BCUT2D eigenvalue weighted by Gasteiger charge is 2.46. The monoisotopic (exact) mass is 454 g/mol. The molecule has 0 radical (unpaired) electrons. The fourth-order valence-electron chi connectivity index (χ4n) is 5.90. The second-order valence-electron chi connectivity index (χ2n) is 9.64. The largest absolute Gasteiger partial charge is 0.497 e. The zero-order valence-electron chi connectivity index (χ0n) is 18.9. The number of ether oxygens (including phenoxy) is 1. The van der Waals surface area contributed by atoms with Crippen LogP contribution in [0.2, 0.25) is 0 Å². The average Bonchev–Trinajstić information content (AvgIpc) is 3.07. The van der Waals surface area contributed by atoms with Gasteiger partial charge in [-0.3, -0.25) is 19.3 Å². The molecule has 4 atom stereocenters. The lowest BCUT2D eigenvalue weighted by Gasteiger charge is -2.52. The maximum absolute atomic E-state index is 13.1. The summed E-state index contributed by atoms with van der Waals surface area (Å²) in [6.07, 6.45) is 3.57. The Labute approximate surface area is 193 Å². The van der Waals surface area contributed by atoms with Crippen molar-refractivity contribution in [2.45, 2.75) is 50.7 Å². The fourth-order valence-corrected chi connectivity index (χ4v) is 5.90. The van der Waals surface area contributed by atoms with E-state index in [0.717, 1.165) is 36.3 Å². The number of hydrogen-bond donors (Lipinski definition) is 1. The Morgan fingerprint density at radius 3 is 2.67 bits per heavy atom. The SMILES string of the molecule is COc1ccc(CN2C(=O)N[C@@H](CC(=O)N3C[C@H]4C[C@@H](C3)[C@@H]3CCCC(=O)N3C4)C2=O)cc1. The van der Waals surface area contributed by atoms with Gasteiger partial charge < -0.3 is 19.9 Å². The van der Waals surface area contributed by atoms with Crippen LogP contribution >= 0.6 is 0 Å². The van der Waals surface area contributed by atoms with Crippen LogP contribution < -0.4 is 10.1 Å². The summed E-state index contributed by atoms with van der Waals surface area (Å²) >= 11 is 0. The summed E-state index contributed by atoms with van der Waals surface area (Å²) in [4.78, 5) is 55.8. The minimum Gasteiger partial charge on any atom is -0.497 e. The minimum absolute atomic E-state index is 0.0313. The van der Waals surface area contributed by atoms with Gasteiger partial charge in [0.05, 0.1) is 20.1 Å². The van der Waals surface area contributed by atoms with E-state index in [1.54, 1.807) is 19.2 Å². The van der Waals surface area contributed by atoms with Gasteiger partial charge in [0.1, 0.15) is 11.8 Å². The lowest BCUT2D eigenvalue weighted by atomic mass is 9.76. The molecular formula is C24H30N4O5. The molecule has 5 amide bonds. The van der Waals surface area contributed by atoms with Crippen LogP contribution in [0.4, 0.5) is 4.79 Å². The molecule has 5 rings (SSSR count). The quantitative estimate of drug-likeness (QED) is 0.678. The third kappa shape index (κ3) is 4.16. The number of urea groups is 1. The number of piperidine rings is 3. The van der Waals surface area contributed by atoms with Crippen LogP contribution in [0, 0.1) is 11.8 Å². The number of benzene rings is 1. The van der Waals surface area contributed by atoms with Crippen molar-refractivity contribution >= 4 is 23.8 Å². The second kappa shape index (κ2) is 8.68. The van der Waals surface area contributed by atoms with Crippen LogP contribution in [-0.4, -0.2) is 77.3 Å². The van der Waals surface area contributed by atoms with Gasteiger partial charge in [-0.25, -0.2) is 4.79 Å². The summed E-state index contributed by atoms with van der Waals surface area (Å²) in [5.41, 5.74) is 0.807. The smallest absolute Gasteiger partial charge is 0.325 e. The van der Waals surface area contributed by atoms with E-state index >= 15 is 0 Å². The molecule has 9 heteroatoms. The van der Waals surface area contributed by atoms with E-state index in [4.69, 9.17) is 4.74 Å². The Morgan fingerprint density at radius 2 is 1.91 bits per heavy atom. The predicted molar refractivity (Wildman–Crippen MR) is 118 cm³/mol. The highest BCUT2D eigenvalue weighted by molar-refractivity contribution is 6.05. The Kier molecular flexibility index (Phi) is 5.72. The van der Waals surface area contributed by atoms with E-state index in [-0.39, 0.29) is 42.6 Å². The van der Waals surface area contributed by atoms with Gasteiger partial charge in [0, 0.05) is 32.1 Å². The van der Waals surface area contributed by atoms with Crippen LogP contribution in [0.3, 0.4) is 0 Å². The summed E-state index contributed by atoms with van der Waals surface area (Å²) in [5, 5.41) is 2.68. The molecule has 33 heavy (non-hydrogen) atoms. The van der Waals surface area contributed by atoms with E-state index in [0.29, 0.717) is 31.2 Å². The Hall–Kier alpha value is -3.10. The van der Waals surface area contributed by atoms with Crippen molar-refractivity contribution in [3.05, 3.63) is 29.8 Å². The number of carbonyl (C=O) groups excluding carboxylic acids is 4. The zero-order valence-corrected chi connectivity index (χ0v) is 18.9. The van der Waals surface area contributed by atoms with Crippen LogP contribution in [-0.2, 0) is 20.9 Å². The van der Waals surface area contributed by atoms with Crippen LogP contribution in [0.1, 0.15) is 37.7 Å². The number of nitrogens with zero attached hydrogens (tertiary/aromatic N) is 3. The van der Waals surface area contributed by atoms with Gasteiger partial charge in [-0.15, -0.1) is 0 Å². The normalized spacial score (nSPS) is 29.1. The summed E-state index contributed by atoms with van der Waals surface area (Å²) in [5.74, 6) is 1.05. The van der Waals surface area contributed by atoms with E-state index in [1.165, 1.54) is 0 Å². The molecule has 1 aromatic carbocycles. The Bertz CT molecular complexity index is 964. The van der Waals surface area contributed by atoms with Gasteiger partial charge in [-0.2, -0.15) is 0 Å². The van der Waals surface area contributed by atoms with E-state index in [2.05, 4.69) is 5.32 Å². The first-order chi connectivity index (χ1) is 15.9. The maximum Gasteiger partial charge on any atom is 0.325 e. The molecular weight excluding hydrogens is 424 g/mol. The van der Waals surface area contributed by atoms with Crippen molar-refractivity contribution in [3.8, 4) is 5.75 Å². The van der Waals surface area contributed by atoms with Crippen LogP contribution in [0.15, 0.2) is 24.3 Å². The van der Waals surface area contributed by atoms with Gasteiger partial charge in [0.15, 0.2) is 0 Å². The lowest BCUT2D eigenvalue weighted by molar-refractivity contribution is -0.149. The molecule has 4 aliphatic heterocycles. The zero-order chi connectivity index (χ0) is 23.1. The number of likely N-dealkylation sites (tertiary alicyclic amines) is 1. The van der Waals surface area contributed by atoms with Crippen molar-refractivity contribution in [1.29, 1.82) is 0 Å². The van der Waals surface area contributed by atoms with Gasteiger partial charge in [0.25, 0.3) is 5.91 Å². The number of fused-ring (bicyclic) bond motifs is 4. The predicted octanol–water partition coefficient (Wildman–Crippen LogP) is 1.37. The molecule has 4 heterocycles. The highest BCUT2D eigenvalue weighted by atomic mass is 16.5. The molecule has 0 aromatic heterocycles. The molecule has 9 nitrogen and oxygen atoms in total. The van der Waals surface area contributed by atoms with Crippen molar-refractivity contribution in [2.24, 2.45) is 11.8 Å². The van der Waals surface area contributed by atoms with Gasteiger partial charge >= 0.3 is 6.03 Å². The third-order valence-electron chi connectivity index (χ3n) is 7.52. The Morgan fingerprint density at radius 1 is 1.12 bits per heavy atom. The van der Waals surface area contributed by atoms with Crippen LogP contribution in [0.5, 0.6) is 5.75 Å². The molecule has 0 aliphatic carbocycles. The molecule has 4 fully saturated rings. The highest BCUT2D eigenvalue weighted by Crippen LogP contribution is 2.38. The number of carbonyl (C=O) groups is 4. The number of methoxy groups -OCH3 is 1. The number of imide groups is 1. The molecule has 0 unspecified atom stereocenters. The average molecular weight is 455 g/mol. The van der Waals surface area contributed by atoms with E-state index in [9.17, 15) is 19.2 Å². The number of rotatable bonds is 5. The minimum atomic E-state index is -0.835. The molecule has 1 aromatic rings. The van der Waals surface area contributed by atoms with Crippen molar-refractivity contribution < 1.29 is 23.9 Å². The standard InChI is InChI=1S/C24H30N4O5/c1-33-18-7-5-15(6-8-18)12-28-23(31)19(25-24(28)32)10-22(30)26-11-16-9-17(14-26)20-3-2-4-21(29)27(20)13-16/h5-8,16-17,19-20H,2-4,9-14H2,1H3,(H,25,32)/t16-,17+,19+,20+/m1/s1. The first kappa shape index (κ1) is 21.7. The number of amides is 5. The molecule has 0 saturated carbocycles. The molecule has 4 saturated heterocycles. The van der Waals surface area contributed by atoms with Gasteiger partial charge in [0.2, 0.25) is 11.8 Å². The Balaban J connectivity index is 1.20. The third-order valence-corrected chi connectivity index (χ3v) is 7.52. The molecule has 1 N–H and O–H groups in total. The van der Waals surface area contributed by atoms with E-state index < -0.39 is 12.1 Å². The van der Waals surface area contributed by atoms with Crippen molar-refractivity contribution in [1.82, 2.24) is 20.0 Å². The number of hydrogen-bond acceptors (Lipinski definition) is 5. The lowest BCUT2D eigenvalue weighted by Crippen LogP contribution is -2.61. The second-order valence-corrected chi connectivity index (χ2v) is 9.64. The van der Waals surface area contributed by atoms with Gasteiger partial charge in [-0.1, -0.05) is 12.1 Å². The molecule has 2 bridgehead atoms. The van der Waals surface area contributed by atoms with Crippen LogP contribution in [0.25, 0.3) is 0 Å². The fraction of sp³-hybridized carbons (Fsp3) is 0.583. The molecule has 4 aliphatic rings. The van der Waals surface area contributed by atoms with E-state index in [1.807, 2.05) is 21.9 Å². The summed E-state index contributed by atoms with van der Waals surface area (Å²) in [6.45, 7) is 2.10. The summed E-state index contributed by atoms with van der Waals surface area (Å²) < 4.78 is 5.14. The maximum atomic E-state index is 13.1. The first-order valence-electron chi connectivity index (χ1n) is 11.7. The summed E-state index contributed by atoms with van der Waals surface area (Å²) in [6, 6.07) is 6.10. The van der Waals surface area contributed by atoms with Crippen molar-refractivity contribution in [3.63, 3.8) is 0 Å². The number of nitrogens with one attached hydrogen (secondary N) is 1. The first-order valence-corrected chi connectivity index (χ1v) is 11.7. The molecule has 176 valence electrons.